The molecule has 0 amide bonds. The van der Waals surface area contributed by atoms with E-state index in [-0.39, 0.29) is 5.70 Å². The predicted molar refractivity (Wildman–Crippen MR) is 105 cm³/mol. The first-order chi connectivity index (χ1) is 13.1. The molecule has 0 fully saturated rings. The Balaban J connectivity index is 1.90. The molecule has 0 N–H and O–H groups in total. The van der Waals surface area contributed by atoms with Gasteiger partial charge in [0, 0.05) is 5.56 Å². The zero-order chi connectivity index (χ0) is 19.2. The number of esters is 1. The molecule has 2 aromatic rings. The van der Waals surface area contributed by atoms with Gasteiger partial charge in [0.05, 0.1) is 13.2 Å². The van der Waals surface area contributed by atoms with Crippen molar-refractivity contribution in [1.82, 2.24) is 0 Å². The van der Waals surface area contributed by atoms with Gasteiger partial charge in [-0.3, -0.25) is 0 Å². The first-order valence-electron chi connectivity index (χ1n) is 9.10. The van der Waals surface area contributed by atoms with Gasteiger partial charge in [0.15, 0.2) is 17.2 Å². The van der Waals surface area contributed by atoms with E-state index >= 15 is 0 Å². The summed E-state index contributed by atoms with van der Waals surface area (Å²) in [6.45, 7) is 7.07. The second-order valence-electron chi connectivity index (χ2n) is 6.14. The molecule has 0 atom stereocenters. The van der Waals surface area contributed by atoms with Gasteiger partial charge in [-0.25, -0.2) is 9.79 Å². The summed E-state index contributed by atoms with van der Waals surface area (Å²) in [4.78, 5) is 16.6. The van der Waals surface area contributed by atoms with Crippen molar-refractivity contribution in [1.29, 1.82) is 0 Å². The van der Waals surface area contributed by atoms with Gasteiger partial charge in [0.1, 0.15) is 0 Å². The van der Waals surface area contributed by atoms with Gasteiger partial charge in [-0.05, 0) is 55.7 Å². The molecule has 0 saturated heterocycles. The van der Waals surface area contributed by atoms with Crippen LogP contribution in [0, 0.1) is 6.92 Å². The van der Waals surface area contributed by atoms with Crippen LogP contribution in [-0.2, 0) is 9.53 Å². The average Bonchev–Trinajstić information content (AvgIpc) is 3.02. The van der Waals surface area contributed by atoms with Crippen LogP contribution in [0.3, 0.4) is 0 Å². The smallest absolute Gasteiger partial charge is 0.363 e. The number of aryl methyl sites for hydroxylation is 1. The van der Waals surface area contributed by atoms with Crippen LogP contribution in [-0.4, -0.2) is 25.1 Å². The van der Waals surface area contributed by atoms with E-state index in [0.717, 1.165) is 23.1 Å². The maximum Gasteiger partial charge on any atom is 0.363 e. The van der Waals surface area contributed by atoms with Gasteiger partial charge in [-0.1, -0.05) is 31.2 Å². The molecule has 0 saturated carbocycles. The zero-order valence-corrected chi connectivity index (χ0v) is 15.8. The second-order valence-corrected chi connectivity index (χ2v) is 6.14. The van der Waals surface area contributed by atoms with Gasteiger partial charge in [-0.15, -0.1) is 0 Å². The number of carbonyl (C=O) groups is 1. The van der Waals surface area contributed by atoms with Gasteiger partial charge < -0.3 is 14.2 Å². The number of cyclic esters (lactones) is 1. The number of hydrogen-bond acceptors (Lipinski definition) is 5. The molecule has 1 heterocycles. The summed E-state index contributed by atoms with van der Waals surface area (Å²) in [5, 5.41) is 0. The topological polar surface area (TPSA) is 57.1 Å². The highest BCUT2D eigenvalue weighted by Gasteiger charge is 2.25. The Morgan fingerprint density at radius 3 is 2.63 bits per heavy atom. The summed E-state index contributed by atoms with van der Waals surface area (Å²) >= 11 is 0. The minimum absolute atomic E-state index is 0.262. The standard InChI is InChI=1S/C22H23NO4/c1-4-12-26-19-11-10-16(14-20(19)25-5-2)13-18-22(24)27-21(23-18)17-9-7-6-8-15(17)3/h6-11,13-14H,4-5,12H2,1-3H3/b18-13-. The SMILES string of the molecule is CCCOc1ccc(/C=C2\N=C(c3ccccc3C)OC2=O)cc1OCC. The summed E-state index contributed by atoms with van der Waals surface area (Å²) in [6.07, 6.45) is 2.61. The number of ether oxygens (including phenoxy) is 3. The molecule has 5 heteroatoms. The fraction of sp³-hybridized carbons (Fsp3) is 0.273. The predicted octanol–water partition coefficient (Wildman–Crippen LogP) is 4.53. The number of rotatable bonds is 7. The molecule has 1 aliphatic rings. The molecule has 0 spiro atoms. The average molecular weight is 365 g/mol. The maximum atomic E-state index is 12.2. The molecule has 1 aliphatic heterocycles. The summed E-state index contributed by atoms with van der Waals surface area (Å²) < 4.78 is 16.7. The van der Waals surface area contributed by atoms with Crippen LogP contribution in [0.15, 0.2) is 53.2 Å². The Bertz CT molecular complexity index is 899. The molecule has 140 valence electrons. The van der Waals surface area contributed by atoms with Crippen LogP contribution in [0.2, 0.25) is 0 Å². The normalized spacial score (nSPS) is 14.9. The fourth-order valence-electron chi connectivity index (χ4n) is 2.71. The lowest BCUT2D eigenvalue weighted by atomic mass is 10.1. The molecule has 3 rings (SSSR count). The van der Waals surface area contributed by atoms with Crippen molar-refractivity contribution < 1.29 is 19.0 Å². The highest BCUT2D eigenvalue weighted by molar-refractivity contribution is 6.13. The number of nitrogens with zero attached hydrogens (tertiary/aromatic N) is 1. The largest absolute Gasteiger partial charge is 0.490 e. The molecule has 5 nitrogen and oxygen atoms in total. The molecular formula is C22H23NO4. The van der Waals surface area contributed by atoms with Gasteiger partial charge in [0.2, 0.25) is 5.90 Å². The summed E-state index contributed by atoms with van der Waals surface area (Å²) in [6, 6.07) is 13.2. The Morgan fingerprint density at radius 1 is 1.07 bits per heavy atom. The van der Waals surface area contributed by atoms with E-state index in [4.69, 9.17) is 14.2 Å². The fourth-order valence-corrected chi connectivity index (χ4v) is 2.71. The van der Waals surface area contributed by atoms with Gasteiger partial charge in [-0.2, -0.15) is 0 Å². The minimum atomic E-state index is -0.461. The maximum absolute atomic E-state index is 12.2. The van der Waals surface area contributed by atoms with Crippen LogP contribution in [0.25, 0.3) is 6.08 Å². The van der Waals surface area contributed by atoms with Crippen molar-refractivity contribution in [3.05, 3.63) is 64.9 Å². The van der Waals surface area contributed by atoms with E-state index in [2.05, 4.69) is 11.9 Å². The zero-order valence-electron chi connectivity index (χ0n) is 15.8. The Hall–Kier alpha value is -3.08. The number of carbonyl (C=O) groups excluding carboxylic acids is 1. The van der Waals surface area contributed by atoms with E-state index < -0.39 is 5.97 Å². The lowest BCUT2D eigenvalue weighted by Gasteiger charge is -2.12. The van der Waals surface area contributed by atoms with E-state index in [9.17, 15) is 4.79 Å². The van der Waals surface area contributed by atoms with Gasteiger partial charge in [0.25, 0.3) is 0 Å². The lowest BCUT2D eigenvalue weighted by molar-refractivity contribution is -0.129. The summed E-state index contributed by atoms with van der Waals surface area (Å²) in [7, 11) is 0. The number of hydrogen-bond donors (Lipinski definition) is 0. The van der Waals surface area contributed by atoms with E-state index in [1.165, 1.54) is 0 Å². The summed E-state index contributed by atoms with van der Waals surface area (Å²) in [5.74, 6) is 1.21. The van der Waals surface area contributed by atoms with Crippen molar-refractivity contribution in [3.63, 3.8) is 0 Å². The van der Waals surface area contributed by atoms with Crippen LogP contribution in [0.5, 0.6) is 11.5 Å². The van der Waals surface area contributed by atoms with Crippen molar-refractivity contribution in [2.45, 2.75) is 27.2 Å². The van der Waals surface area contributed by atoms with Crippen LogP contribution in [0.1, 0.15) is 37.0 Å². The van der Waals surface area contributed by atoms with Crippen LogP contribution >= 0.6 is 0 Å². The molecule has 0 aliphatic carbocycles. The minimum Gasteiger partial charge on any atom is -0.490 e. The molecule has 0 aromatic heterocycles. The van der Waals surface area contributed by atoms with Crippen LogP contribution in [0.4, 0.5) is 0 Å². The molecule has 0 radical (unpaired) electrons. The Morgan fingerprint density at radius 2 is 1.89 bits per heavy atom. The first-order valence-corrected chi connectivity index (χ1v) is 9.10. The van der Waals surface area contributed by atoms with E-state index in [0.29, 0.717) is 30.6 Å². The van der Waals surface area contributed by atoms with E-state index in [1.807, 2.05) is 56.3 Å². The third-order valence-electron chi connectivity index (χ3n) is 4.03. The highest BCUT2D eigenvalue weighted by atomic mass is 16.6. The van der Waals surface area contributed by atoms with Crippen molar-refractivity contribution in [3.8, 4) is 11.5 Å². The number of aliphatic imine (C=N–C) groups is 1. The first kappa shape index (κ1) is 18.7. The third kappa shape index (κ3) is 4.37. The molecule has 2 aromatic carbocycles. The van der Waals surface area contributed by atoms with Crippen molar-refractivity contribution in [2.75, 3.05) is 13.2 Å². The quantitative estimate of drug-likeness (QED) is 0.534. The van der Waals surface area contributed by atoms with Crippen molar-refractivity contribution in [2.24, 2.45) is 4.99 Å². The third-order valence-corrected chi connectivity index (χ3v) is 4.03. The molecule has 0 unspecified atom stereocenters. The lowest BCUT2D eigenvalue weighted by Crippen LogP contribution is -2.06. The van der Waals surface area contributed by atoms with Crippen LogP contribution < -0.4 is 9.47 Å². The molecular weight excluding hydrogens is 342 g/mol. The van der Waals surface area contributed by atoms with Crippen molar-refractivity contribution >= 4 is 17.9 Å². The Kier molecular flexibility index (Phi) is 5.91. The summed E-state index contributed by atoms with van der Waals surface area (Å²) in [5.41, 5.74) is 2.87. The van der Waals surface area contributed by atoms with Gasteiger partial charge >= 0.3 is 5.97 Å². The van der Waals surface area contributed by atoms with E-state index in [1.54, 1.807) is 6.08 Å². The Labute approximate surface area is 159 Å². The number of benzene rings is 2. The second kappa shape index (κ2) is 8.54. The molecule has 0 bridgehead atoms. The highest BCUT2D eigenvalue weighted by Crippen LogP contribution is 2.30. The molecule has 27 heavy (non-hydrogen) atoms. The monoisotopic (exact) mass is 365 g/mol.